The number of hydrogen-bond acceptors (Lipinski definition) is 4. The summed E-state index contributed by atoms with van der Waals surface area (Å²) in [7, 11) is -3.62. The number of nitrogens with one attached hydrogen (secondary N) is 1. The molecule has 1 aliphatic heterocycles. The minimum absolute atomic E-state index is 0.0590. The fourth-order valence-corrected chi connectivity index (χ4v) is 5.34. The number of carbonyl (C=O) groups excluding carboxylic acids is 1. The Kier molecular flexibility index (Phi) is 5.53. The average Bonchev–Trinajstić information content (AvgIpc) is 3.05. The van der Waals surface area contributed by atoms with E-state index in [9.17, 15) is 13.2 Å². The molecule has 1 amide bonds. The van der Waals surface area contributed by atoms with Gasteiger partial charge >= 0.3 is 0 Å². The summed E-state index contributed by atoms with van der Waals surface area (Å²) in [5.41, 5.74) is 0. The van der Waals surface area contributed by atoms with Crippen molar-refractivity contribution >= 4 is 15.9 Å². The molecule has 7 heteroatoms. The average molecular weight is 352 g/mol. The van der Waals surface area contributed by atoms with E-state index in [1.165, 1.54) is 4.31 Å². The van der Waals surface area contributed by atoms with Gasteiger partial charge in [0.15, 0.2) is 0 Å². The van der Waals surface area contributed by atoms with Crippen LogP contribution in [0.4, 0.5) is 0 Å². The van der Waals surface area contributed by atoms with Crippen molar-refractivity contribution in [2.75, 3.05) is 26.3 Å². The maximum absolute atomic E-state index is 13.1. The van der Waals surface area contributed by atoms with Crippen molar-refractivity contribution in [2.45, 2.75) is 36.6 Å². The van der Waals surface area contributed by atoms with E-state index in [1.807, 2.05) is 0 Å². The van der Waals surface area contributed by atoms with Crippen LogP contribution in [0.3, 0.4) is 0 Å². The molecule has 1 aromatic rings. The molecule has 0 bridgehead atoms. The lowest BCUT2D eigenvalue weighted by Crippen LogP contribution is -2.47. The first-order chi connectivity index (χ1) is 11.6. The van der Waals surface area contributed by atoms with Crippen LogP contribution < -0.4 is 5.32 Å². The zero-order chi connectivity index (χ0) is 17.0. The van der Waals surface area contributed by atoms with E-state index in [0.29, 0.717) is 32.7 Å². The predicted octanol–water partition coefficient (Wildman–Crippen LogP) is 1.38. The van der Waals surface area contributed by atoms with Crippen LogP contribution in [0, 0.1) is 5.92 Å². The lowest BCUT2D eigenvalue weighted by atomic mass is 10.0. The number of sulfonamides is 1. The Morgan fingerprint density at radius 3 is 2.67 bits per heavy atom. The van der Waals surface area contributed by atoms with Crippen molar-refractivity contribution in [1.82, 2.24) is 9.62 Å². The van der Waals surface area contributed by atoms with Crippen molar-refractivity contribution < 1.29 is 17.9 Å². The molecule has 1 aliphatic carbocycles. The second kappa shape index (κ2) is 7.63. The van der Waals surface area contributed by atoms with Crippen LogP contribution >= 0.6 is 0 Å². The third-order valence-corrected chi connectivity index (χ3v) is 6.69. The number of hydrogen-bond donors (Lipinski definition) is 1. The monoisotopic (exact) mass is 352 g/mol. The molecule has 2 fully saturated rings. The van der Waals surface area contributed by atoms with Crippen LogP contribution in [-0.2, 0) is 19.6 Å². The Morgan fingerprint density at radius 2 is 1.88 bits per heavy atom. The highest BCUT2D eigenvalue weighted by Gasteiger charge is 2.41. The first-order valence-electron chi connectivity index (χ1n) is 8.53. The van der Waals surface area contributed by atoms with Gasteiger partial charge in [-0.2, -0.15) is 4.31 Å². The first kappa shape index (κ1) is 17.4. The van der Waals surface area contributed by atoms with Gasteiger partial charge in [-0.15, -0.1) is 0 Å². The second-order valence-corrected chi connectivity index (χ2v) is 8.18. The van der Waals surface area contributed by atoms with Crippen LogP contribution in [0.1, 0.15) is 25.7 Å². The topological polar surface area (TPSA) is 75.7 Å². The Hall–Kier alpha value is -1.44. The molecule has 1 aromatic carbocycles. The van der Waals surface area contributed by atoms with E-state index >= 15 is 0 Å². The Balaban J connectivity index is 1.93. The zero-order valence-corrected chi connectivity index (χ0v) is 14.5. The second-order valence-electron chi connectivity index (χ2n) is 6.29. The molecular weight excluding hydrogens is 328 g/mol. The van der Waals surface area contributed by atoms with Crippen LogP contribution in [0.15, 0.2) is 35.2 Å². The van der Waals surface area contributed by atoms with E-state index in [-0.39, 0.29) is 22.8 Å². The van der Waals surface area contributed by atoms with Gasteiger partial charge in [0.1, 0.15) is 0 Å². The van der Waals surface area contributed by atoms with Crippen molar-refractivity contribution in [2.24, 2.45) is 5.92 Å². The molecular formula is C17H24N2O4S. The lowest BCUT2D eigenvalue weighted by Gasteiger charge is -2.31. The molecule has 24 heavy (non-hydrogen) atoms. The Bertz CT molecular complexity index is 662. The van der Waals surface area contributed by atoms with E-state index < -0.39 is 10.0 Å². The molecule has 132 valence electrons. The van der Waals surface area contributed by atoms with E-state index in [0.717, 1.165) is 19.3 Å². The molecule has 0 radical (unpaired) electrons. The number of rotatable bonds is 2. The number of carbonyl (C=O) groups is 1. The molecule has 6 nitrogen and oxygen atoms in total. The molecule has 0 aromatic heterocycles. The van der Waals surface area contributed by atoms with Crippen LogP contribution in [-0.4, -0.2) is 51.0 Å². The van der Waals surface area contributed by atoms with Gasteiger partial charge in [0.2, 0.25) is 15.9 Å². The van der Waals surface area contributed by atoms with Gasteiger partial charge in [-0.1, -0.05) is 24.6 Å². The maximum Gasteiger partial charge on any atom is 0.243 e. The first-order valence-corrected chi connectivity index (χ1v) is 9.97. The van der Waals surface area contributed by atoms with Crippen molar-refractivity contribution in [1.29, 1.82) is 0 Å². The Morgan fingerprint density at radius 1 is 1.08 bits per heavy atom. The molecule has 1 N–H and O–H groups in total. The lowest BCUT2D eigenvalue weighted by molar-refractivity contribution is -0.126. The number of amides is 1. The molecule has 2 atom stereocenters. The minimum atomic E-state index is -3.62. The fraction of sp³-hybridized carbons (Fsp3) is 0.588. The smallest absolute Gasteiger partial charge is 0.243 e. The van der Waals surface area contributed by atoms with E-state index in [4.69, 9.17) is 4.74 Å². The summed E-state index contributed by atoms with van der Waals surface area (Å²) in [6.07, 6.45) is 2.96. The SMILES string of the molecule is O=C1NCCOCCCN(S(=O)(=O)c2ccccc2)C2CCCC12. The standard InChI is InChI=1S/C17H24N2O4S/c20-17-15-8-4-9-16(15)19(11-5-12-23-13-10-18-17)24(21,22)14-6-2-1-3-7-14/h1-3,6-7,15-16H,4-5,8-13H2,(H,18,20). The number of fused-ring (bicyclic) bond motifs is 1. The molecule has 1 saturated heterocycles. The molecule has 2 aliphatic rings. The molecule has 2 unspecified atom stereocenters. The highest BCUT2D eigenvalue weighted by molar-refractivity contribution is 7.89. The summed E-state index contributed by atoms with van der Waals surface area (Å²) >= 11 is 0. The van der Waals surface area contributed by atoms with Gasteiger partial charge in [-0.3, -0.25) is 4.79 Å². The summed E-state index contributed by atoms with van der Waals surface area (Å²) in [5.74, 6) is -0.335. The van der Waals surface area contributed by atoms with Gasteiger partial charge in [0.25, 0.3) is 0 Å². The normalized spacial score (nSPS) is 27.1. The largest absolute Gasteiger partial charge is 0.380 e. The molecule has 1 saturated carbocycles. The quantitative estimate of drug-likeness (QED) is 0.873. The number of nitrogens with zero attached hydrogens (tertiary/aromatic N) is 1. The zero-order valence-electron chi connectivity index (χ0n) is 13.7. The van der Waals surface area contributed by atoms with Crippen LogP contribution in [0.5, 0.6) is 0 Å². The van der Waals surface area contributed by atoms with Crippen LogP contribution in [0.25, 0.3) is 0 Å². The van der Waals surface area contributed by atoms with Crippen molar-refractivity contribution in [3.8, 4) is 0 Å². The van der Waals surface area contributed by atoms with E-state index in [1.54, 1.807) is 30.3 Å². The van der Waals surface area contributed by atoms with Gasteiger partial charge in [0, 0.05) is 25.7 Å². The van der Waals surface area contributed by atoms with Gasteiger partial charge in [-0.05, 0) is 31.4 Å². The molecule has 1 heterocycles. The highest BCUT2D eigenvalue weighted by atomic mass is 32.2. The maximum atomic E-state index is 13.1. The summed E-state index contributed by atoms with van der Waals surface area (Å²) in [4.78, 5) is 12.7. The number of benzene rings is 1. The third-order valence-electron chi connectivity index (χ3n) is 4.75. The van der Waals surface area contributed by atoms with Crippen molar-refractivity contribution in [3.63, 3.8) is 0 Å². The fourth-order valence-electron chi connectivity index (χ4n) is 3.59. The summed E-state index contributed by atoms with van der Waals surface area (Å²) in [6.45, 7) is 1.82. The van der Waals surface area contributed by atoms with Crippen molar-refractivity contribution in [3.05, 3.63) is 30.3 Å². The predicted molar refractivity (Wildman–Crippen MR) is 89.9 cm³/mol. The summed E-state index contributed by atoms with van der Waals surface area (Å²) in [5, 5.41) is 2.88. The third kappa shape index (κ3) is 3.63. The number of ether oxygens (including phenoxy) is 1. The summed E-state index contributed by atoms with van der Waals surface area (Å²) < 4.78 is 33.3. The van der Waals surface area contributed by atoms with Gasteiger partial charge in [-0.25, -0.2) is 8.42 Å². The molecule has 0 spiro atoms. The van der Waals surface area contributed by atoms with Gasteiger partial charge in [0.05, 0.1) is 17.4 Å². The van der Waals surface area contributed by atoms with Gasteiger partial charge < -0.3 is 10.1 Å². The highest BCUT2D eigenvalue weighted by Crippen LogP contribution is 2.34. The molecule has 3 rings (SSSR count). The Labute approximate surface area is 143 Å². The van der Waals surface area contributed by atoms with Crippen LogP contribution in [0.2, 0.25) is 0 Å². The minimum Gasteiger partial charge on any atom is -0.380 e. The summed E-state index contributed by atoms with van der Waals surface area (Å²) in [6, 6.07) is 8.20. The van der Waals surface area contributed by atoms with E-state index in [2.05, 4.69) is 5.32 Å².